The predicted molar refractivity (Wildman–Crippen MR) is 60.0 cm³/mol. The number of hydrogen-bond acceptors (Lipinski definition) is 3. The fraction of sp³-hybridized carbons (Fsp3) is 0.250. The molecule has 0 aliphatic heterocycles. The van der Waals surface area contributed by atoms with Crippen molar-refractivity contribution >= 4 is 16.9 Å². The van der Waals surface area contributed by atoms with Crippen LogP contribution in [-0.4, -0.2) is 12.5 Å². The van der Waals surface area contributed by atoms with E-state index >= 15 is 0 Å². The van der Waals surface area contributed by atoms with Crippen molar-refractivity contribution in [1.29, 1.82) is 0 Å². The lowest BCUT2D eigenvalue weighted by molar-refractivity contribution is 0.0342. The van der Waals surface area contributed by atoms with Crippen LogP contribution in [0.1, 0.15) is 23.0 Å². The molecule has 0 aliphatic rings. The lowest BCUT2D eigenvalue weighted by Gasteiger charge is -1.99. The fourth-order valence-corrected chi connectivity index (χ4v) is 1.46. The third-order valence-electron chi connectivity index (χ3n) is 2.20. The Balaban J connectivity index is 2.28. The van der Waals surface area contributed by atoms with Crippen LogP contribution < -0.4 is 5.48 Å². The van der Waals surface area contributed by atoms with E-state index < -0.39 is 0 Å². The SMILES string of the molecule is CCONC(=O)c1cc2cc(C)ccc2o1. The minimum Gasteiger partial charge on any atom is -0.451 e. The van der Waals surface area contributed by atoms with Crippen molar-refractivity contribution in [2.45, 2.75) is 13.8 Å². The number of carbonyl (C=O) groups is 1. The molecule has 0 radical (unpaired) electrons. The van der Waals surface area contributed by atoms with Crippen LogP contribution in [0.5, 0.6) is 0 Å². The number of benzene rings is 1. The third kappa shape index (κ3) is 2.06. The van der Waals surface area contributed by atoms with Crippen LogP contribution in [0.25, 0.3) is 11.0 Å². The van der Waals surface area contributed by atoms with Gasteiger partial charge in [0.1, 0.15) is 5.58 Å². The molecular weight excluding hydrogens is 206 g/mol. The molecule has 0 fully saturated rings. The molecule has 0 spiro atoms. The van der Waals surface area contributed by atoms with Gasteiger partial charge in [0.2, 0.25) is 0 Å². The molecule has 0 atom stereocenters. The number of rotatable bonds is 3. The van der Waals surface area contributed by atoms with E-state index in [1.807, 2.05) is 25.1 Å². The average Bonchev–Trinajstić information content (AvgIpc) is 2.68. The minimum absolute atomic E-state index is 0.258. The van der Waals surface area contributed by atoms with Crippen LogP contribution in [-0.2, 0) is 4.84 Å². The van der Waals surface area contributed by atoms with Crippen LogP contribution in [0.2, 0.25) is 0 Å². The van der Waals surface area contributed by atoms with E-state index in [4.69, 9.17) is 9.25 Å². The topological polar surface area (TPSA) is 51.5 Å². The van der Waals surface area contributed by atoms with Crippen molar-refractivity contribution in [3.05, 3.63) is 35.6 Å². The molecule has 16 heavy (non-hydrogen) atoms. The van der Waals surface area contributed by atoms with Gasteiger partial charge in [0, 0.05) is 5.39 Å². The maximum atomic E-state index is 11.5. The van der Waals surface area contributed by atoms with Gasteiger partial charge in [-0.3, -0.25) is 9.63 Å². The van der Waals surface area contributed by atoms with Crippen LogP contribution in [0, 0.1) is 6.92 Å². The quantitative estimate of drug-likeness (QED) is 0.806. The Labute approximate surface area is 93.1 Å². The maximum Gasteiger partial charge on any atom is 0.310 e. The van der Waals surface area contributed by atoms with Crippen LogP contribution in [0.3, 0.4) is 0 Å². The summed E-state index contributed by atoms with van der Waals surface area (Å²) in [6.07, 6.45) is 0. The summed E-state index contributed by atoms with van der Waals surface area (Å²) in [7, 11) is 0. The van der Waals surface area contributed by atoms with Crippen molar-refractivity contribution in [2.24, 2.45) is 0 Å². The Morgan fingerprint density at radius 3 is 3.00 bits per heavy atom. The molecule has 0 aliphatic carbocycles. The number of carbonyl (C=O) groups excluding carboxylic acids is 1. The van der Waals surface area contributed by atoms with E-state index in [1.54, 1.807) is 13.0 Å². The molecule has 1 amide bonds. The zero-order valence-corrected chi connectivity index (χ0v) is 9.24. The fourth-order valence-electron chi connectivity index (χ4n) is 1.46. The summed E-state index contributed by atoms with van der Waals surface area (Å²) in [5, 5.41) is 0.918. The minimum atomic E-state index is -0.365. The molecule has 2 rings (SSSR count). The lowest BCUT2D eigenvalue weighted by Crippen LogP contribution is -2.22. The molecular formula is C12H13NO3. The number of hydroxylamine groups is 1. The number of furan rings is 1. The molecule has 84 valence electrons. The molecule has 1 N–H and O–H groups in total. The number of hydrogen-bond donors (Lipinski definition) is 1. The smallest absolute Gasteiger partial charge is 0.310 e. The van der Waals surface area contributed by atoms with E-state index in [2.05, 4.69) is 5.48 Å². The summed E-state index contributed by atoms with van der Waals surface area (Å²) in [5.74, 6) is -0.107. The van der Waals surface area contributed by atoms with E-state index in [-0.39, 0.29) is 11.7 Å². The van der Waals surface area contributed by atoms with Crippen molar-refractivity contribution < 1.29 is 14.0 Å². The van der Waals surface area contributed by atoms with E-state index in [1.165, 1.54) is 0 Å². The van der Waals surface area contributed by atoms with Gasteiger partial charge in [-0.15, -0.1) is 0 Å². The van der Waals surface area contributed by atoms with Crippen LogP contribution in [0.4, 0.5) is 0 Å². The summed E-state index contributed by atoms with van der Waals surface area (Å²) in [4.78, 5) is 16.3. The van der Waals surface area contributed by atoms with E-state index in [0.717, 1.165) is 10.9 Å². The van der Waals surface area contributed by atoms with Gasteiger partial charge in [-0.2, -0.15) is 0 Å². The highest BCUT2D eigenvalue weighted by Crippen LogP contribution is 2.20. The van der Waals surface area contributed by atoms with Crippen molar-refractivity contribution in [1.82, 2.24) is 5.48 Å². The summed E-state index contributed by atoms with van der Waals surface area (Å²) < 4.78 is 5.39. The summed E-state index contributed by atoms with van der Waals surface area (Å²) in [6, 6.07) is 7.46. The second-order valence-corrected chi connectivity index (χ2v) is 3.52. The first-order valence-electron chi connectivity index (χ1n) is 5.13. The predicted octanol–water partition coefficient (Wildman–Crippen LogP) is 2.42. The van der Waals surface area contributed by atoms with Crippen molar-refractivity contribution in [3.63, 3.8) is 0 Å². The van der Waals surface area contributed by atoms with Gasteiger partial charge in [-0.05, 0) is 32.0 Å². The first-order chi connectivity index (χ1) is 7.70. The first kappa shape index (κ1) is 10.7. The van der Waals surface area contributed by atoms with Crippen LogP contribution >= 0.6 is 0 Å². The average molecular weight is 219 g/mol. The largest absolute Gasteiger partial charge is 0.451 e. The Kier molecular flexibility index (Phi) is 2.92. The molecule has 0 saturated heterocycles. The maximum absolute atomic E-state index is 11.5. The standard InChI is InChI=1S/C12H13NO3/c1-3-15-13-12(14)11-7-9-6-8(2)4-5-10(9)16-11/h4-7H,3H2,1-2H3,(H,13,14). The molecule has 4 nitrogen and oxygen atoms in total. The molecule has 4 heteroatoms. The normalized spacial score (nSPS) is 10.6. The molecule has 2 aromatic rings. The lowest BCUT2D eigenvalue weighted by atomic mass is 10.2. The molecule has 1 heterocycles. The monoisotopic (exact) mass is 219 g/mol. The zero-order valence-electron chi connectivity index (χ0n) is 9.24. The summed E-state index contributed by atoms with van der Waals surface area (Å²) >= 11 is 0. The molecule has 1 aromatic carbocycles. The van der Waals surface area contributed by atoms with Gasteiger partial charge >= 0.3 is 5.91 Å². The molecule has 1 aromatic heterocycles. The van der Waals surface area contributed by atoms with E-state index in [0.29, 0.717) is 12.2 Å². The number of nitrogens with one attached hydrogen (secondary N) is 1. The summed E-state index contributed by atoms with van der Waals surface area (Å²) in [5.41, 5.74) is 4.12. The molecule has 0 bridgehead atoms. The number of amides is 1. The van der Waals surface area contributed by atoms with Gasteiger partial charge in [-0.1, -0.05) is 11.6 Å². The highest BCUT2D eigenvalue weighted by molar-refractivity contribution is 5.95. The third-order valence-corrected chi connectivity index (χ3v) is 2.20. The molecule has 0 saturated carbocycles. The van der Waals surface area contributed by atoms with Gasteiger partial charge in [0.15, 0.2) is 5.76 Å². The summed E-state index contributed by atoms with van der Waals surface area (Å²) in [6.45, 7) is 4.21. The van der Waals surface area contributed by atoms with Crippen molar-refractivity contribution in [3.8, 4) is 0 Å². The van der Waals surface area contributed by atoms with Gasteiger partial charge in [-0.25, -0.2) is 5.48 Å². The highest BCUT2D eigenvalue weighted by atomic mass is 16.7. The highest BCUT2D eigenvalue weighted by Gasteiger charge is 2.11. The first-order valence-corrected chi connectivity index (χ1v) is 5.13. The van der Waals surface area contributed by atoms with Gasteiger partial charge < -0.3 is 4.42 Å². The second-order valence-electron chi connectivity index (χ2n) is 3.52. The van der Waals surface area contributed by atoms with Crippen LogP contribution in [0.15, 0.2) is 28.7 Å². The van der Waals surface area contributed by atoms with Gasteiger partial charge in [0.05, 0.1) is 6.61 Å². The Morgan fingerprint density at radius 2 is 2.25 bits per heavy atom. The Hall–Kier alpha value is -1.81. The Bertz CT molecular complexity index is 516. The Morgan fingerprint density at radius 1 is 1.44 bits per heavy atom. The zero-order chi connectivity index (χ0) is 11.5. The van der Waals surface area contributed by atoms with Gasteiger partial charge in [0.25, 0.3) is 0 Å². The second kappa shape index (κ2) is 4.37. The van der Waals surface area contributed by atoms with E-state index in [9.17, 15) is 4.79 Å². The molecule has 0 unspecified atom stereocenters. The number of fused-ring (bicyclic) bond motifs is 1. The van der Waals surface area contributed by atoms with Crippen molar-refractivity contribution in [2.75, 3.05) is 6.61 Å². The number of aryl methyl sites for hydroxylation is 1.